The van der Waals surface area contributed by atoms with Gasteiger partial charge in [0.15, 0.2) is 5.78 Å². The highest BCUT2D eigenvalue weighted by atomic mass is 79.9. The van der Waals surface area contributed by atoms with Gasteiger partial charge in [-0.2, -0.15) is 0 Å². The van der Waals surface area contributed by atoms with Crippen molar-refractivity contribution in [2.45, 2.75) is 32.6 Å². The van der Waals surface area contributed by atoms with Crippen LogP contribution in [-0.4, -0.2) is 5.78 Å². The molecule has 0 saturated carbocycles. The van der Waals surface area contributed by atoms with Gasteiger partial charge in [0.2, 0.25) is 0 Å². The van der Waals surface area contributed by atoms with Crippen LogP contribution >= 0.6 is 15.9 Å². The highest BCUT2D eigenvalue weighted by molar-refractivity contribution is 9.10. The third-order valence-electron chi connectivity index (χ3n) is 4.05. The molecular weight excluding hydrogens is 312 g/mol. The number of benzene rings is 2. The summed E-state index contributed by atoms with van der Waals surface area (Å²) in [7, 11) is 0. The molecular formula is C18H17BrO. The van der Waals surface area contributed by atoms with E-state index in [-0.39, 0.29) is 5.78 Å². The Morgan fingerprint density at radius 1 is 1.05 bits per heavy atom. The second kappa shape index (κ2) is 5.53. The van der Waals surface area contributed by atoms with Crippen LogP contribution in [-0.2, 0) is 12.8 Å². The largest absolute Gasteiger partial charge is 0.289 e. The van der Waals surface area contributed by atoms with Crippen molar-refractivity contribution < 1.29 is 4.79 Å². The normalized spacial score (nSPS) is 13.9. The third kappa shape index (κ3) is 2.45. The van der Waals surface area contributed by atoms with E-state index >= 15 is 0 Å². The predicted molar refractivity (Wildman–Crippen MR) is 85.4 cm³/mol. The van der Waals surface area contributed by atoms with Gasteiger partial charge < -0.3 is 0 Å². The molecule has 0 aliphatic heterocycles. The quantitative estimate of drug-likeness (QED) is 0.719. The lowest BCUT2D eigenvalue weighted by molar-refractivity contribution is 0.103. The molecule has 0 N–H and O–H groups in total. The SMILES string of the molecule is Cc1cccc(C(=O)c2ccc3c(c2)CCCC3)c1Br. The molecule has 0 saturated heterocycles. The first-order chi connectivity index (χ1) is 9.66. The molecule has 20 heavy (non-hydrogen) atoms. The maximum Gasteiger partial charge on any atom is 0.194 e. The number of rotatable bonds is 2. The van der Waals surface area contributed by atoms with Gasteiger partial charge in [0.05, 0.1) is 0 Å². The number of hydrogen-bond donors (Lipinski definition) is 0. The number of hydrogen-bond acceptors (Lipinski definition) is 1. The van der Waals surface area contributed by atoms with E-state index in [4.69, 9.17) is 0 Å². The molecule has 2 aromatic carbocycles. The lowest BCUT2D eigenvalue weighted by atomic mass is 9.89. The Hall–Kier alpha value is -1.41. The zero-order chi connectivity index (χ0) is 14.1. The number of carbonyl (C=O) groups excluding carboxylic acids is 1. The second-order valence-electron chi connectivity index (χ2n) is 5.46. The summed E-state index contributed by atoms with van der Waals surface area (Å²) < 4.78 is 0.905. The lowest BCUT2D eigenvalue weighted by Crippen LogP contribution is -2.07. The van der Waals surface area contributed by atoms with E-state index in [1.807, 2.05) is 31.2 Å². The summed E-state index contributed by atoms with van der Waals surface area (Å²) in [5.41, 5.74) is 5.41. The first-order valence-electron chi connectivity index (χ1n) is 7.08. The van der Waals surface area contributed by atoms with Gasteiger partial charge in [-0.15, -0.1) is 0 Å². The van der Waals surface area contributed by atoms with E-state index in [9.17, 15) is 4.79 Å². The molecule has 0 aromatic heterocycles. The van der Waals surface area contributed by atoms with Gasteiger partial charge in [-0.25, -0.2) is 0 Å². The molecule has 0 fully saturated rings. The third-order valence-corrected chi connectivity index (χ3v) is 5.10. The minimum atomic E-state index is 0.106. The fraction of sp³-hybridized carbons (Fsp3) is 0.278. The van der Waals surface area contributed by atoms with Gasteiger partial charge in [-0.05, 0) is 77.4 Å². The molecule has 0 amide bonds. The Bertz CT molecular complexity index is 673. The second-order valence-corrected chi connectivity index (χ2v) is 6.25. The first-order valence-corrected chi connectivity index (χ1v) is 7.88. The van der Waals surface area contributed by atoms with E-state index in [2.05, 4.69) is 28.1 Å². The lowest BCUT2D eigenvalue weighted by Gasteiger charge is -2.16. The fourth-order valence-corrected chi connectivity index (χ4v) is 3.30. The molecule has 0 heterocycles. The predicted octanol–water partition coefficient (Wildman–Crippen LogP) is 4.87. The van der Waals surface area contributed by atoms with Crippen LogP contribution in [0.3, 0.4) is 0 Å². The monoisotopic (exact) mass is 328 g/mol. The van der Waals surface area contributed by atoms with Gasteiger partial charge in [-0.1, -0.05) is 24.3 Å². The Kier molecular flexibility index (Phi) is 3.75. The maximum atomic E-state index is 12.7. The van der Waals surface area contributed by atoms with Crippen molar-refractivity contribution in [3.8, 4) is 0 Å². The standard InChI is InChI=1S/C18H17BrO/c1-12-5-4-8-16(17(12)19)18(20)15-10-9-13-6-2-3-7-14(13)11-15/h4-5,8-11H,2-3,6-7H2,1H3. The van der Waals surface area contributed by atoms with Crippen LogP contribution < -0.4 is 0 Å². The topological polar surface area (TPSA) is 17.1 Å². The zero-order valence-electron chi connectivity index (χ0n) is 11.6. The Morgan fingerprint density at radius 2 is 1.80 bits per heavy atom. The number of halogens is 1. The number of fused-ring (bicyclic) bond motifs is 1. The van der Waals surface area contributed by atoms with Gasteiger partial charge >= 0.3 is 0 Å². The fourth-order valence-electron chi connectivity index (χ4n) is 2.85. The number of carbonyl (C=O) groups is 1. The summed E-state index contributed by atoms with van der Waals surface area (Å²) in [6.45, 7) is 2.01. The van der Waals surface area contributed by atoms with E-state index in [1.54, 1.807) is 0 Å². The Labute approximate surface area is 128 Å². The number of ketones is 1. The average molecular weight is 329 g/mol. The van der Waals surface area contributed by atoms with Gasteiger partial charge in [0.1, 0.15) is 0 Å². The van der Waals surface area contributed by atoms with Crippen LogP contribution in [0.2, 0.25) is 0 Å². The van der Waals surface area contributed by atoms with E-state index in [0.29, 0.717) is 0 Å². The van der Waals surface area contributed by atoms with E-state index < -0.39 is 0 Å². The summed E-state index contributed by atoms with van der Waals surface area (Å²) in [4.78, 5) is 12.7. The van der Waals surface area contributed by atoms with Gasteiger partial charge in [-0.3, -0.25) is 4.79 Å². The molecule has 102 valence electrons. The molecule has 0 atom stereocenters. The Balaban J connectivity index is 2.00. The highest BCUT2D eigenvalue weighted by Crippen LogP contribution is 2.26. The first kappa shape index (κ1) is 13.6. The smallest absolute Gasteiger partial charge is 0.194 e. The molecule has 2 heteroatoms. The summed E-state index contributed by atoms with van der Waals surface area (Å²) in [5.74, 6) is 0.106. The average Bonchev–Trinajstić information content (AvgIpc) is 2.49. The zero-order valence-corrected chi connectivity index (χ0v) is 13.2. The van der Waals surface area contributed by atoms with Crippen molar-refractivity contribution >= 4 is 21.7 Å². The minimum Gasteiger partial charge on any atom is -0.289 e. The van der Waals surface area contributed by atoms with Crippen LogP contribution in [0.5, 0.6) is 0 Å². The van der Waals surface area contributed by atoms with Crippen molar-refractivity contribution in [2.75, 3.05) is 0 Å². The van der Waals surface area contributed by atoms with Crippen LogP contribution in [0.25, 0.3) is 0 Å². The molecule has 1 aliphatic carbocycles. The van der Waals surface area contributed by atoms with Crippen LogP contribution in [0.1, 0.15) is 45.5 Å². The van der Waals surface area contributed by atoms with Crippen LogP contribution in [0, 0.1) is 6.92 Å². The summed E-state index contributed by atoms with van der Waals surface area (Å²) in [6.07, 6.45) is 4.76. The summed E-state index contributed by atoms with van der Waals surface area (Å²) in [6, 6.07) is 12.0. The molecule has 0 spiro atoms. The Morgan fingerprint density at radius 3 is 2.60 bits per heavy atom. The van der Waals surface area contributed by atoms with E-state index in [0.717, 1.165) is 34.0 Å². The van der Waals surface area contributed by atoms with Crippen molar-refractivity contribution in [2.24, 2.45) is 0 Å². The summed E-state index contributed by atoms with van der Waals surface area (Å²) >= 11 is 3.53. The van der Waals surface area contributed by atoms with Gasteiger partial charge in [0, 0.05) is 15.6 Å². The molecule has 0 unspecified atom stereocenters. The van der Waals surface area contributed by atoms with Crippen molar-refractivity contribution in [1.82, 2.24) is 0 Å². The summed E-state index contributed by atoms with van der Waals surface area (Å²) in [5, 5.41) is 0. The molecule has 0 bridgehead atoms. The molecule has 0 radical (unpaired) electrons. The molecule has 1 nitrogen and oxygen atoms in total. The van der Waals surface area contributed by atoms with Crippen molar-refractivity contribution in [3.05, 3.63) is 68.7 Å². The van der Waals surface area contributed by atoms with Gasteiger partial charge in [0.25, 0.3) is 0 Å². The van der Waals surface area contributed by atoms with E-state index in [1.165, 1.54) is 24.0 Å². The van der Waals surface area contributed by atoms with Crippen LogP contribution in [0.15, 0.2) is 40.9 Å². The minimum absolute atomic E-state index is 0.106. The highest BCUT2D eigenvalue weighted by Gasteiger charge is 2.16. The number of aryl methyl sites for hydroxylation is 3. The molecule has 1 aliphatic rings. The van der Waals surface area contributed by atoms with Crippen LogP contribution in [0.4, 0.5) is 0 Å². The van der Waals surface area contributed by atoms with Crippen molar-refractivity contribution in [3.63, 3.8) is 0 Å². The molecule has 2 aromatic rings. The maximum absolute atomic E-state index is 12.7. The molecule has 3 rings (SSSR count). The van der Waals surface area contributed by atoms with Crippen molar-refractivity contribution in [1.29, 1.82) is 0 Å².